The lowest BCUT2D eigenvalue weighted by Crippen LogP contribution is -1.91. The Morgan fingerprint density at radius 1 is 1.44 bits per heavy atom. The molecule has 0 saturated carbocycles. The standard InChI is InChI=1S/C10H6BrNO4/c11-6-3-1-2-4-7(6)15-10-12-5-8(16-10)9(13)14/h1-5H,(H,13,14). The smallest absolute Gasteiger partial charge is 0.399 e. The number of halogens is 1. The molecular formula is C10H6BrNO4. The monoisotopic (exact) mass is 283 g/mol. The molecule has 5 nitrogen and oxygen atoms in total. The molecule has 16 heavy (non-hydrogen) atoms. The number of oxazole rings is 1. The van der Waals surface area contributed by atoms with Gasteiger partial charge in [-0.1, -0.05) is 12.1 Å². The average Bonchev–Trinajstić information content (AvgIpc) is 2.70. The van der Waals surface area contributed by atoms with Crippen LogP contribution in [0.1, 0.15) is 10.6 Å². The second-order valence-electron chi connectivity index (χ2n) is 2.83. The molecule has 0 aliphatic heterocycles. The summed E-state index contributed by atoms with van der Waals surface area (Å²) in [4.78, 5) is 14.2. The van der Waals surface area contributed by atoms with E-state index in [0.717, 1.165) is 10.7 Å². The van der Waals surface area contributed by atoms with Gasteiger partial charge < -0.3 is 14.3 Å². The van der Waals surface area contributed by atoms with Crippen LogP contribution in [0.15, 0.2) is 39.4 Å². The summed E-state index contributed by atoms with van der Waals surface area (Å²) in [5.74, 6) is -0.946. The van der Waals surface area contributed by atoms with Crippen LogP contribution in [0.4, 0.5) is 0 Å². The highest BCUT2D eigenvalue weighted by molar-refractivity contribution is 9.10. The maximum absolute atomic E-state index is 10.5. The topological polar surface area (TPSA) is 72.6 Å². The molecule has 2 rings (SSSR count). The van der Waals surface area contributed by atoms with Gasteiger partial charge in [-0.3, -0.25) is 0 Å². The molecule has 0 bridgehead atoms. The summed E-state index contributed by atoms with van der Waals surface area (Å²) in [6.45, 7) is 0. The van der Waals surface area contributed by atoms with Gasteiger partial charge in [0, 0.05) is 0 Å². The van der Waals surface area contributed by atoms with E-state index in [1.54, 1.807) is 18.2 Å². The molecule has 0 radical (unpaired) electrons. The van der Waals surface area contributed by atoms with Crippen molar-refractivity contribution in [1.29, 1.82) is 0 Å². The van der Waals surface area contributed by atoms with Gasteiger partial charge in [0.05, 0.1) is 10.7 Å². The number of benzene rings is 1. The van der Waals surface area contributed by atoms with Crippen LogP contribution < -0.4 is 4.74 Å². The molecule has 2 aromatic rings. The van der Waals surface area contributed by atoms with E-state index < -0.39 is 5.97 Å². The van der Waals surface area contributed by atoms with E-state index in [0.29, 0.717) is 5.75 Å². The first-order valence-electron chi connectivity index (χ1n) is 4.28. The molecule has 0 amide bonds. The first-order chi connectivity index (χ1) is 7.66. The number of rotatable bonds is 3. The van der Waals surface area contributed by atoms with Crippen molar-refractivity contribution in [1.82, 2.24) is 4.98 Å². The molecule has 0 fully saturated rings. The Bertz CT molecular complexity index is 523. The lowest BCUT2D eigenvalue weighted by molar-refractivity contribution is 0.0657. The van der Waals surface area contributed by atoms with E-state index in [1.165, 1.54) is 0 Å². The summed E-state index contributed by atoms with van der Waals surface area (Å²) in [6, 6.07) is 7.10. The number of hydrogen-bond donors (Lipinski definition) is 1. The molecule has 0 spiro atoms. The van der Waals surface area contributed by atoms with Gasteiger partial charge in [0.1, 0.15) is 5.75 Å². The van der Waals surface area contributed by atoms with Crippen LogP contribution in [-0.4, -0.2) is 16.1 Å². The molecule has 0 aliphatic carbocycles. The number of aromatic carboxylic acids is 1. The SMILES string of the molecule is O=C(O)c1cnc(Oc2ccccc2Br)o1. The van der Waals surface area contributed by atoms with Crippen LogP contribution in [0.25, 0.3) is 0 Å². The van der Waals surface area contributed by atoms with Crippen LogP contribution in [0.2, 0.25) is 0 Å². The number of carboxylic acid groups (broad SMARTS) is 1. The van der Waals surface area contributed by atoms with Gasteiger partial charge in [-0.05, 0) is 28.1 Å². The number of carboxylic acids is 1. The Kier molecular flexibility index (Phi) is 2.91. The Hall–Kier alpha value is -1.82. The van der Waals surface area contributed by atoms with E-state index in [1.807, 2.05) is 6.07 Å². The van der Waals surface area contributed by atoms with Crippen molar-refractivity contribution in [2.45, 2.75) is 0 Å². The minimum Gasteiger partial charge on any atom is -0.475 e. The van der Waals surface area contributed by atoms with E-state index in [-0.39, 0.29) is 11.8 Å². The van der Waals surface area contributed by atoms with E-state index in [4.69, 9.17) is 14.3 Å². The van der Waals surface area contributed by atoms with Gasteiger partial charge in [0.25, 0.3) is 0 Å². The van der Waals surface area contributed by atoms with Crippen molar-refractivity contribution < 1.29 is 19.1 Å². The molecule has 1 heterocycles. The average molecular weight is 284 g/mol. The minimum atomic E-state index is -1.19. The summed E-state index contributed by atoms with van der Waals surface area (Å²) in [5, 5.41) is 8.62. The maximum atomic E-state index is 10.5. The fraction of sp³-hybridized carbons (Fsp3) is 0. The minimum absolute atomic E-state index is 0.107. The zero-order valence-electron chi connectivity index (χ0n) is 7.88. The fourth-order valence-electron chi connectivity index (χ4n) is 1.03. The fourth-order valence-corrected chi connectivity index (χ4v) is 1.39. The quantitative estimate of drug-likeness (QED) is 0.938. The molecule has 0 atom stereocenters. The van der Waals surface area contributed by atoms with Gasteiger partial charge in [0.2, 0.25) is 5.76 Å². The maximum Gasteiger partial charge on any atom is 0.399 e. The highest BCUT2D eigenvalue weighted by Gasteiger charge is 2.12. The third kappa shape index (κ3) is 2.22. The molecule has 0 unspecified atom stereocenters. The number of aromatic nitrogens is 1. The third-order valence-corrected chi connectivity index (χ3v) is 2.38. The van der Waals surface area contributed by atoms with Crippen LogP contribution in [0, 0.1) is 0 Å². The highest BCUT2D eigenvalue weighted by atomic mass is 79.9. The summed E-state index contributed by atoms with van der Waals surface area (Å²) in [7, 11) is 0. The van der Waals surface area contributed by atoms with Crippen molar-refractivity contribution in [3.05, 3.63) is 40.7 Å². The van der Waals surface area contributed by atoms with Crippen molar-refractivity contribution in [2.75, 3.05) is 0 Å². The molecule has 82 valence electrons. The summed E-state index contributed by atoms with van der Waals surface area (Å²) in [5.41, 5.74) is 0. The summed E-state index contributed by atoms with van der Waals surface area (Å²) < 4.78 is 10.8. The van der Waals surface area contributed by atoms with Gasteiger partial charge >= 0.3 is 12.0 Å². The molecular weight excluding hydrogens is 278 g/mol. The number of hydrogen-bond acceptors (Lipinski definition) is 4. The van der Waals surface area contributed by atoms with Gasteiger partial charge in [-0.15, -0.1) is 0 Å². The van der Waals surface area contributed by atoms with Gasteiger partial charge in [0.15, 0.2) is 0 Å². The zero-order valence-corrected chi connectivity index (χ0v) is 9.47. The molecule has 1 aromatic heterocycles. The Labute approximate surface area is 98.8 Å². The second-order valence-corrected chi connectivity index (χ2v) is 3.68. The van der Waals surface area contributed by atoms with E-state index in [9.17, 15) is 4.79 Å². The number of para-hydroxylation sites is 1. The van der Waals surface area contributed by atoms with E-state index >= 15 is 0 Å². The zero-order chi connectivity index (χ0) is 11.5. The number of carbonyl (C=O) groups is 1. The Morgan fingerprint density at radius 2 is 2.19 bits per heavy atom. The van der Waals surface area contributed by atoms with Crippen LogP contribution in [0.5, 0.6) is 11.8 Å². The third-order valence-electron chi connectivity index (χ3n) is 1.73. The van der Waals surface area contributed by atoms with Crippen LogP contribution in [-0.2, 0) is 0 Å². The molecule has 0 saturated heterocycles. The molecule has 6 heteroatoms. The van der Waals surface area contributed by atoms with Crippen molar-refractivity contribution in [3.63, 3.8) is 0 Å². The summed E-state index contributed by atoms with van der Waals surface area (Å²) in [6.07, 6.45) is 0.985. The summed E-state index contributed by atoms with van der Waals surface area (Å²) >= 11 is 3.28. The largest absolute Gasteiger partial charge is 0.475 e. The van der Waals surface area contributed by atoms with Crippen LogP contribution >= 0.6 is 15.9 Å². The van der Waals surface area contributed by atoms with Crippen molar-refractivity contribution >= 4 is 21.9 Å². The lowest BCUT2D eigenvalue weighted by atomic mass is 10.3. The Balaban J connectivity index is 2.21. The first kappa shape index (κ1) is 10.7. The Morgan fingerprint density at radius 3 is 2.81 bits per heavy atom. The van der Waals surface area contributed by atoms with Crippen molar-refractivity contribution in [2.24, 2.45) is 0 Å². The number of ether oxygens (including phenoxy) is 1. The lowest BCUT2D eigenvalue weighted by Gasteiger charge is -2.01. The normalized spacial score (nSPS) is 10.1. The highest BCUT2D eigenvalue weighted by Crippen LogP contribution is 2.28. The molecule has 1 aromatic carbocycles. The number of nitrogens with zero attached hydrogens (tertiary/aromatic N) is 1. The molecule has 0 aliphatic rings. The van der Waals surface area contributed by atoms with Gasteiger partial charge in [-0.2, -0.15) is 4.98 Å². The molecule has 1 N–H and O–H groups in total. The first-order valence-corrected chi connectivity index (χ1v) is 5.07. The van der Waals surface area contributed by atoms with E-state index in [2.05, 4.69) is 20.9 Å². The van der Waals surface area contributed by atoms with Crippen molar-refractivity contribution in [3.8, 4) is 11.8 Å². The second kappa shape index (κ2) is 4.36. The predicted molar refractivity (Wildman–Crippen MR) is 57.7 cm³/mol. The van der Waals surface area contributed by atoms with Crippen LogP contribution in [0.3, 0.4) is 0 Å². The van der Waals surface area contributed by atoms with Gasteiger partial charge in [-0.25, -0.2) is 4.79 Å². The predicted octanol–water partition coefficient (Wildman–Crippen LogP) is 2.93.